The fraction of sp³-hybridized carbons (Fsp3) is 1.00. The Morgan fingerprint density at radius 2 is 1.69 bits per heavy atom. The first-order chi connectivity index (χ1) is 5.99. The van der Waals surface area contributed by atoms with Gasteiger partial charge in [-0.25, -0.2) is 0 Å². The van der Waals surface area contributed by atoms with Gasteiger partial charge in [0.25, 0.3) is 0 Å². The Labute approximate surface area is 97.0 Å². The normalized spacial score (nSPS) is 18.7. The van der Waals surface area contributed by atoms with E-state index in [2.05, 4.69) is 50.3 Å². The molecule has 1 nitrogen and oxygen atoms in total. The van der Waals surface area contributed by atoms with Crippen molar-refractivity contribution in [2.24, 2.45) is 17.6 Å². The highest BCUT2D eigenvalue weighted by Gasteiger charge is 2.14. The third kappa shape index (κ3) is 5.89. The summed E-state index contributed by atoms with van der Waals surface area (Å²) in [6, 6.07) is 0.390. The molecule has 0 bridgehead atoms. The van der Waals surface area contributed by atoms with Crippen LogP contribution < -0.4 is 5.73 Å². The lowest BCUT2D eigenvalue weighted by atomic mass is 9.95. The van der Waals surface area contributed by atoms with Crippen molar-refractivity contribution in [3.05, 3.63) is 0 Å². The molecule has 0 aliphatic rings. The molecular weight excluding hydrogens is 273 g/mol. The van der Waals surface area contributed by atoms with Crippen LogP contribution >= 0.6 is 22.6 Å². The second kappa shape index (κ2) is 7.04. The number of rotatable bonds is 6. The zero-order valence-corrected chi connectivity index (χ0v) is 11.5. The molecule has 0 aromatic carbocycles. The molecular formula is C11H24IN. The van der Waals surface area contributed by atoms with Gasteiger partial charge in [0.1, 0.15) is 0 Å². The lowest BCUT2D eigenvalue weighted by molar-refractivity contribution is 0.425. The molecule has 0 spiro atoms. The molecule has 0 radical (unpaired) electrons. The van der Waals surface area contributed by atoms with Crippen molar-refractivity contribution in [2.45, 2.75) is 56.9 Å². The van der Waals surface area contributed by atoms with Gasteiger partial charge in [-0.2, -0.15) is 0 Å². The summed E-state index contributed by atoms with van der Waals surface area (Å²) in [6.45, 7) is 9.00. The Morgan fingerprint density at radius 3 is 2.08 bits per heavy atom. The van der Waals surface area contributed by atoms with Gasteiger partial charge >= 0.3 is 0 Å². The average Bonchev–Trinajstić information content (AvgIpc) is 2.11. The van der Waals surface area contributed by atoms with Gasteiger partial charge < -0.3 is 5.73 Å². The van der Waals surface area contributed by atoms with E-state index in [1.165, 1.54) is 19.3 Å². The van der Waals surface area contributed by atoms with Crippen LogP contribution in [0.2, 0.25) is 0 Å². The first kappa shape index (κ1) is 13.7. The van der Waals surface area contributed by atoms with Crippen molar-refractivity contribution < 1.29 is 0 Å². The first-order valence-corrected chi connectivity index (χ1v) is 6.63. The topological polar surface area (TPSA) is 26.0 Å². The average molecular weight is 297 g/mol. The summed E-state index contributed by atoms with van der Waals surface area (Å²) in [5.74, 6) is 1.46. The number of halogens is 1. The number of hydrogen-bond acceptors (Lipinski definition) is 1. The molecule has 0 fully saturated rings. The molecule has 3 unspecified atom stereocenters. The van der Waals surface area contributed by atoms with Crippen LogP contribution in [-0.2, 0) is 0 Å². The third-order valence-electron chi connectivity index (χ3n) is 2.89. The lowest BCUT2D eigenvalue weighted by Crippen LogP contribution is -2.27. The van der Waals surface area contributed by atoms with Crippen LogP contribution in [-0.4, -0.2) is 9.97 Å². The van der Waals surface area contributed by atoms with Crippen LogP contribution in [0.15, 0.2) is 0 Å². The van der Waals surface area contributed by atoms with Crippen LogP contribution in [0.4, 0.5) is 0 Å². The predicted molar refractivity (Wildman–Crippen MR) is 69.3 cm³/mol. The number of nitrogens with two attached hydrogens (primary N) is 1. The Balaban J connectivity index is 3.63. The van der Waals surface area contributed by atoms with Gasteiger partial charge in [0.05, 0.1) is 0 Å². The Kier molecular flexibility index (Phi) is 7.42. The van der Waals surface area contributed by atoms with E-state index in [1.54, 1.807) is 0 Å². The van der Waals surface area contributed by atoms with Crippen LogP contribution in [0.5, 0.6) is 0 Å². The van der Waals surface area contributed by atoms with Crippen LogP contribution in [0.1, 0.15) is 47.0 Å². The molecule has 3 atom stereocenters. The first-order valence-electron chi connectivity index (χ1n) is 5.38. The Bertz CT molecular complexity index is 125. The highest BCUT2D eigenvalue weighted by molar-refractivity contribution is 14.1. The fourth-order valence-electron chi connectivity index (χ4n) is 1.23. The van der Waals surface area contributed by atoms with Crippen molar-refractivity contribution in [3.8, 4) is 0 Å². The summed E-state index contributed by atoms with van der Waals surface area (Å²) >= 11 is 2.57. The van der Waals surface area contributed by atoms with E-state index in [9.17, 15) is 0 Å². The summed E-state index contributed by atoms with van der Waals surface area (Å²) in [4.78, 5) is 0. The lowest BCUT2D eigenvalue weighted by Gasteiger charge is -2.20. The maximum Gasteiger partial charge on any atom is 0.0136 e. The SMILES string of the molecule is CCC(C)C(I)CCC(N)C(C)C. The maximum atomic E-state index is 6.00. The van der Waals surface area contributed by atoms with Gasteiger partial charge in [-0.3, -0.25) is 0 Å². The van der Waals surface area contributed by atoms with Crippen molar-refractivity contribution in [3.63, 3.8) is 0 Å². The van der Waals surface area contributed by atoms with Crippen LogP contribution in [0, 0.1) is 11.8 Å². The number of alkyl halides is 1. The van der Waals surface area contributed by atoms with E-state index < -0.39 is 0 Å². The summed E-state index contributed by atoms with van der Waals surface area (Å²) < 4.78 is 0.799. The Hall–Kier alpha value is 0.690. The molecule has 0 aromatic heterocycles. The van der Waals surface area contributed by atoms with E-state index >= 15 is 0 Å². The highest BCUT2D eigenvalue weighted by atomic mass is 127. The minimum absolute atomic E-state index is 0.390. The van der Waals surface area contributed by atoms with Gasteiger partial charge in [0.2, 0.25) is 0 Å². The summed E-state index contributed by atoms with van der Waals surface area (Å²) in [5, 5.41) is 0. The minimum Gasteiger partial charge on any atom is -0.327 e. The zero-order chi connectivity index (χ0) is 10.4. The molecule has 0 aromatic rings. The fourth-order valence-corrected chi connectivity index (χ4v) is 2.09. The van der Waals surface area contributed by atoms with Crippen molar-refractivity contribution in [2.75, 3.05) is 0 Å². The molecule has 2 N–H and O–H groups in total. The largest absolute Gasteiger partial charge is 0.327 e. The van der Waals surface area contributed by atoms with Crippen molar-refractivity contribution in [1.29, 1.82) is 0 Å². The monoisotopic (exact) mass is 297 g/mol. The molecule has 0 saturated heterocycles. The molecule has 0 saturated carbocycles. The van der Waals surface area contributed by atoms with Gasteiger partial charge in [-0.05, 0) is 24.7 Å². The van der Waals surface area contributed by atoms with E-state index in [-0.39, 0.29) is 0 Å². The molecule has 0 aliphatic carbocycles. The van der Waals surface area contributed by atoms with E-state index in [4.69, 9.17) is 5.73 Å². The standard InChI is InChI=1S/C11H24IN/c1-5-9(4)10(12)6-7-11(13)8(2)3/h8-11H,5-7,13H2,1-4H3. The smallest absolute Gasteiger partial charge is 0.0136 e. The molecule has 2 heteroatoms. The number of hydrogen-bond donors (Lipinski definition) is 1. The van der Waals surface area contributed by atoms with Gasteiger partial charge in [-0.1, -0.05) is 56.7 Å². The second-order valence-electron chi connectivity index (χ2n) is 4.39. The molecule has 0 heterocycles. The van der Waals surface area contributed by atoms with Crippen molar-refractivity contribution in [1.82, 2.24) is 0 Å². The van der Waals surface area contributed by atoms with Gasteiger partial charge in [0.15, 0.2) is 0 Å². The summed E-state index contributed by atoms with van der Waals surface area (Å²) in [6.07, 6.45) is 3.73. The molecule has 0 aliphatic heterocycles. The van der Waals surface area contributed by atoms with Crippen molar-refractivity contribution >= 4 is 22.6 Å². The summed E-state index contributed by atoms with van der Waals surface area (Å²) in [7, 11) is 0. The zero-order valence-electron chi connectivity index (χ0n) is 9.39. The minimum atomic E-state index is 0.390. The summed E-state index contributed by atoms with van der Waals surface area (Å²) in [5.41, 5.74) is 6.00. The molecule has 0 rings (SSSR count). The van der Waals surface area contributed by atoms with Crippen LogP contribution in [0.3, 0.4) is 0 Å². The predicted octanol–water partition coefficient (Wildman–Crippen LogP) is 3.60. The van der Waals surface area contributed by atoms with Gasteiger partial charge in [-0.15, -0.1) is 0 Å². The quantitative estimate of drug-likeness (QED) is 0.588. The van der Waals surface area contributed by atoms with Crippen LogP contribution in [0.25, 0.3) is 0 Å². The Morgan fingerprint density at radius 1 is 1.15 bits per heavy atom. The third-order valence-corrected chi connectivity index (χ3v) is 4.74. The molecule has 0 amide bonds. The van der Waals surface area contributed by atoms with E-state index in [0.29, 0.717) is 12.0 Å². The molecule has 80 valence electrons. The van der Waals surface area contributed by atoms with E-state index in [1.807, 2.05) is 0 Å². The molecule has 13 heavy (non-hydrogen) atoms. The maximum absolute atomic E-state index is 6.00. The second-order valence-corrected chi connectivity index (χ2v) is 5.99. The highest BCUT2D eigenvalue weighted by Crippen LogP contribution is 2.22. The van der Waals surface area contributed by atoms with Gasteiger partial charge in [0, 0.05) is 9.97 Å². The van der Waals surface area contributed by atoms with E-state index in [0.717, 1.165) is 9.84 Å².